The first-order valence-electron chi connectivity index (χ1n) is 5.46. The zero-order chi connectivity index (χ0) is 12.0. The highest BCUT2D eigenvalue weighted by atomic mass is 35.5. The monoisotopic (exact) mass is 246 g/mol. The Morgan fingerprint density at radius 1 is 1.56 bits per heavy atom. The summed E-state index contributed by atoms with van der Waals surface area (Å²) in [5.41, 5.74) is 0. The lowest BCUT2D eigenvalue weighted by Gasteiger charge is -2.25. The highest BCUT2D eigenvalue weighted by molar-refractivity contribution is 6.18. The van der Waals surface area contributed by atoms with Gasteiger partial charge in [0.2, 0.25) is 5.91 Å². The fraction of sp³-hybridized carbons (Fsp3) is 0.800. The number of halogens is 1. The van der Waals surface area contributed by atoms with Crippen molar-refractivity contribution < 1.29 is 4.79 Å². The van der Waals surface area contributed by atoms with Crippen molar-refractivity contribution in [2.75, 3.05) is 33.2 Å². The minimum atomic E-state index is 0.0598. The molecule has 2 N–H and O–H groups in total. The van der Waals surface area contributed by atoms with Gasteiger partial charge in [0.25, 0.3) is 0 Å². The molecule has 0 aromatic carbocycles. The van der Waals surface area contributed by atoms with Crippen LogP contribution in [-0.4, -0.2) is 55.9 Å². The van der Waals surface area contributed by atoms with Crippen molar-refractivity contribution in [3.8, 4) is 0 Å². The Morgan fingerprint density at radius 3 is 2.88 bits per heavy atom. The highest BCUT2D eigenvalue weighted by Crippen LogP contribution is 2.18. The summed E-state index contributed by atoms with van der Waals surface area (Å²) in [5, 5.41) is 5.90. The van der Waals surface area contributed by atoms with Gasteiger partial charge in [0.05, 0.1) is 12.6 Å². The van der Waals surface area contributed by atoms with Gasteiger partial charge in [0.1, 0.15) is 11.8 Å². The fourth-order valence-electron chi connectivity index (χ4n) is 2.02. The lowest BCUT2D eigenvalue weighted by molar-refractivity contribution is -0.129. The molecule has 0 aromatic rings. The summed E-state index contributed by atoms with van der Waals surface area (Å²) < 4.78 is 0. The molecule has 0 aliphatic carbocycles. The number of amides is 1. The number of hydrogen-bond acceptors (Lipinski definition) is 3. The van der Waals surface area contributed by atoms with Crippen LogP contribution in [0.1, 0.15) is 12.8 Å². The summed E-state index contributed by atoms with van der Waals surface area (Å²) in [5.74, 6) is 0.916. The first-order chi connectivity index (χ1) is 7.74. The normalized spacial score (nSPS) is 21.3. The van der Waals surface area contributed by atoms with Crippen molar-refractivity contribution in [1.29, 1.82) is 0 Å². The fourth-order valence-corrected chi connectivity index (χ4v) is 2.15. The molecule has 1 aliphatic heterocycles. The lowest BCUT2D eigenvalue weighted by Crippen LogP contribution is -2.47. The van der Waals surface area contributed by atoms with Gasteiger partial charge in [0, 0.05) is 13.6 Å². The van der Waals surface area contributed by atoms with E-state index in [-0.39, 0.29) is 18.0 Å². The van der Waals surface area contributed by atoms with Gasteiger partial charge in [-0.15, -0.1) is 11.6 Å². The van der Waals surface area contributed by atoms with E-state index in [0.717, 1.165) is 25.2 Å². The quantitative estimate of drug-likeness (QED) is 0.318. The number of aliphatic imine (C=N–C) groups is 1. The van der Waals surface area contributed by atoms with Crippen LogP contribution in [0.3, 0.4) is 0 Å². The first-order valence-corrected chi connectivity index (χ1v) is 6.00. The van der Waals surface area contributed by atoms with Gasteiger partial charge in [-0.25, -0.2) is 0 Å². The second kappa shape index (κ2) is 6.70. The summed E-state index contributed by atoms with van der Waals surface area (Å²) in [6, 6.07) is 0.283. The molecule has 1 unspecified atom stereocenters. The summed E-state index contributed by atoms with van der Waals surface area (Å²) in [4.78, 5) is 17.9. The van der Waals surface area contributed by atoms with E-state index in [1.54, 1.807) is 7.05 Å². The summed E-state index contributed by atoms with van der Waals surface area (Å²) >= 11 is 5.60. The number of amidine groups is 1. The Kier molecular flexibility index (Phi) is 5.55. The van der Waals surface area contributed by atoms with Crippen molar-refractivity contribution in [3.63, 3.8) is 0 Å². The van der Waals surface area contributed by atoms with E-state index in [4.69, 9.17) is 11.6 Å². The molecule has 0 bridgehead atoms. The van der Waals surface area contributed by atoms with Crippen LogP contribution in [0.25, 0.3) is 0 Å². The van der Waals surface area contributed by atoms with Crippen LogP contribution < -0.4 is 10.6 Å². The molecule has 1 aliphatic rings. The maximum Gasteiger partial charge on any atom is 0.237 e. The van der Waals surface area contributed by atoms with E-state index >= 15 is 0 Å². The Balaban J connectivity index is 2.71. The molecule has 92 valence electrons. The van der Waals surface area contributed by atoms with Crippen LogP contribution in [0.5, 0.6) is 0 Å². The molecular weight excluding hydrogens is 228 g/mol. The van der Waals surface area contributed by atoms with Gasteiger partial charge < -0.3 is 15.5 Å². The molecule has 5 nitrogen and oxygen atoms in total. The standard InChI is InChI=1S/C10H19ClN4O/c1-12-6-9(16)15-5-3-4-8(15)10(13-2)14-7-11/h8,12H,3-7H2,1-2H3,(H,13,14). The number of carbonyl (C=O) groups excluding carboxylic acids is 1. The summed E-state index contributed by atoms with van der Waals surface area (Å²) in [6.45, 7) is 1.17. The van der Waals surface area contributed by atoms with Crippen molar-refractivity contribution >= 4 is 23.3 Å². The second-order valence-electron chi connectivity index (χ2n) is 3.69. The number of likely N-dealkylation sites (N-methyl/N-ethyl adjacent to an activating group) is 2. The van der Waals surface area contributed by atoms with Gasteiger partial charge in [-0.3, -0.25) is 9.79 Å². The molecule has 1 atom stereocenters. The van der Waals surface area contributed by atoms with Crippen molar-refractivity contribution in [3.05, 3.63) is 0 Å². The predicted molar refractivity (Wildman–Crippen MR) is 65.9 cm³/mol. The zero-order valence-corrected chi connectivity index (χ0v) is 10.5. The van der Waals surface area contributed by atoms with Crippen LogP contribution in [0.4, 0.5) is 0 Å². The molecule has 1 saturated heterocycles. The number of nitrogens with zero attached hydrogens (tertiary/aromatic N) is 2. The molecule has 0 saturated carbocycles. The van der Waals surface area contributed by atoms with E-state index in [2.05, 4.69) is 15.6 Å². The molecule has 0 radical (unpaired) electrons. The van der Waals surface area contributed by atoms with Crippen LogP contribution in [0.15, 0.2) is 4.99 Å². The average Bonchev–Trinajstić information content (AvgIpc) is 2.75. The molecule has 0 spiro atoms. The molecule has 0 aromatic heterocycles. The molecule has 1 fully saturated rings. The van der Waals surface area contributed by atoms with E-state index in [9.17, 15) is 4.79 Å². The first kappa shape index (κ1) is 13.3. The number of nitrogens with one attached hydrogen (secondary N) is 2. The smallest absolute Gasteiger partial charge is 0.237 e. The molecule has 16 heavy (non-hydrogen) atoms. The van der Waals surface area contributed by atoms with Crippen LogP contribution >= 0.6 is 11.6 Å². The van der Waals surface area contributed by atoms with Crippen LogP contribution in [0, 0.1) is 0 Å². The van der Waals surface area contributed by atoms with Crippen molar-refractivity contribution in [1.82, 2.24) is 15.5 Å². The third-order valence-electron chi connectivity index (χ3n) is 2.70. The van der Waals surface area contributed by atoms with Gasteiger partial charge in [-0.2, -0.15) is 0 Å². The van der Waals surface area contributed by atoms with Crippen molar-refractivity contribution in [2.45, 2.75) is 18.9 Å². The summed E-state index contributed by atoms with van der Waals surface area (Å²) in [7, 11) is 3.58. The number of rotatable bonds is 4. The van der Waals surface area contributed by atoms with Crippen LogP contribution in [-0.2, 0) is 4.79 Å². The SMILES string of the molecule is CNCC(=O)N1CCCC1/C(=N/CCl)NC. The van der Waals surface area contributed by atoms with Gasteiger partial charge in [-0.1, -0.05) is 0 Å². The third-order valence-corrected chi connectivity index (χ3v) is 2.82. The average molecular weight is 247 g/mol. The third kappa shape index (κ3) is 3.09. The van der Waals surface area contributed by atoms with Crippen molar-refractivity contribution in [2.24, 2.45) is 4.99 Å². The maximum atomic E-state index is 11.8. The summed E-state index contributed by atoms with van der Waals surface area (Å²) in [6.07, 6.45) is 1.97. The Morgan fingerprint density at radius 2 is 2.31 bits per heavy atom. The maximum absolute atomic E-state index is 11.8. The largest absolute Gasteiger partial charge is 0.375 e. The lowest BCUT2D eigenvalue weighted by atomic mass is 10.2. The minimum absolute atomic E-state index is 0.0598. The predicted octanol–water partition coefficient (Wildman–Crippen LogP) is 0.0110. The van der Waals surface area contributed by atoms with E-state index < -0.39 is 0 Å². The molecule has 1 rings (SSSR count). The highest BCUT2D eigenvalue weighted by Gasteiger charge is 2.31. The number of hydrogen-bond donors (Lipinski definition) is 2. The Labute approximate surface area is 101 Å². The van der Waals surface area contributed by atoms with Gasteiger partial charge in [-0.05, 0) is 19.9 Å². The number of carbonyl (C=O) groups is 1. The number of alkyl halides is 1. The zero-order valence-electron chi connectivity index (χ0n) is 9.79. The van der Waals surface area contributed by atoms with Gasteiger partial charge >= 0.3 is 0 Å². The topological polar surface area (TPSA) is 56.7 Å². The molecular formula is C10H19ClN4O. The molecule has 6 heteroatoms. The van der Waals surface area contributed by atoms with E-state index in [1.807, 2.05) is 11.9 Å². The molecule has 1 heterocycles. The van der Waals surface area contributed by atoms with Gasteiger partial charge in [0.15, 0.2) is 0 Å². The molecule has 1 amide bonds. The second-order valence-corrected chi connectivity index (χ2v) is 3.93. The van der Waals surface area contributed by atoms with E-state index in [1.165, 1.54) is 0 Å². The minimum Gasteiger partial charge on any atom is -0.375 e. The Hall–Kier alpha value is -0.810. The van der Waals surface area contributed by atoms with E-state index in [0.29, 0.717) is 6.54 Å². The van der Waals surface area contributed by atoms with Crippen LogP contribution in [0.2, 0.25) is 0 Å². The Bertz CT molecular complexity index is 270. The number of likely N-dealkylation sites (tertiary alicyclic amines) is 1.